The average molecular weight is 425 g/mol. The number of anilines is 2. The summed E-state index contributed by atoms with van der Waals surface area (Å²) < 4.78 is 27.8. The first-order chi connectivity index (χ1) is 14.5. The molecule has 3 nitrogen and oxygen atoms in total. The number of para-hydroxylation sites is 1. The molecule has 1 heterocycles. The molecular weight excluding hydrogens is 402 g/mol. The first-order valence-corrected chi connectivity index (χ1v) is 10.7. The Balaban J connectivity index is 1.57. The SMILES string of the molecule is CC(=O)Nc1ccc(CN2CCC(c3ccc(F)cc3F)Sc3ccccc32)cc1. The number of halogens is 2. The van der Waals surface area contributed by atoms with E-state index in [2.05, 4.69) is 16.3 Å². The summed E-state index contributed by atoms with van der Waals surface area (Å²) in [5, 5.41) is 2.69. The Bertz CT molecular complexity index is 1060. The van der Waals surface area contributed by atoms with E-state index in [0.717, 1.165) is 40.9 Å². The topological polar surface area (TPSA) is 32.3 Å². The van der Waals surface area contributed by atoms with Gasteiger partial charge in [-0.1, -0.05) is 30.3 Å². The lowest BCUT2D eigenvalue weighted by Gasteiger charge is -2.25. The molecule has 1 aliphatic rings. The van der Waals surface area contributed by atoms with Crippen molar-refractivity contribution in [1.29, 1.82) is 0 Å². The summed E-state index contributed by atoms with van der Waals surface area (Å²) >= 11 is 1.62. The molecule has 0 radical (unpaired) electrons. The zero-order valence-corrected chi connectivity index (χ0v) is 17.4. The number of hydrogen-bond acceptors (Lipinski definition) is 3. The molecular formula is C24H22F2N2OS. The maximum atomic E-state index is 14.4. The Kier molecular flexibility index (Phi) is 6.04. The largest absolute Gasteiger partial charge is 0.366 e. The van der Waals surface area contributed by atoms with E-state index in [1.54, 1.807) is 17.8 Å². The van der Waals surface area contributed by atoms with Gasteiger partial charge in [0.25, 0.3) is 0 Å². The van der Waals surface area contributed by atoms with Crippen molar-refractivity contribution in [1.82, 2.24) is 0 Å². The number of hydrogen-bond donors (Lipinski definition) is 1. The third-order valence-electron chi connectivity index (χ3n) is 5.09. The molecule has 0 bridgehead atoms. The molecule has 0 saturated heterocycles. The third kappa shape index (κ3) is 4.65. The molecule has 1 atom stereocenters. The number of nitrogens with one attached hydrogen (secondary N) is 1. The van der Waals surface area contributed by atoms with E-state index in [-0.39, 0.29) is 11.2 Å². The smallest absolute Gasteiger partial charge is 0.221 e. The number of amides is 1. The molecule has 1 N–H and O–H groups in total. The van der Waals surface area contributed by atoms with Crippen LogP contribution < -0.4 is 10.2 Å². The fourth-order valence-electron chi connectivity index (χ4n) is 3.69. The Morgan fingerprint density at radius 1 is 1.10 bits per heavy atom. The van der Waals surface area contributed by atoms with Gasteiger partial charge in [-0.15, -0.1) is 11.8 Å². The molecule has 0 aromatic heterocycles. The zero-order valence-electron chi connectivity index (χ0n) is 16.6. The summed E-state index contributed by atoms with van der Waals surface area (Å²) in [6.07, 6.45) is 0.742. The minimum atomic E-state index is -0.556. The molecule has 30 heavy (non-hydrogen) atoms. The van der Waals surface area contributed by atoms with Gasteiger partial charge in [0.15, 0.2) is 0 Å². The normalized spacial score (nSPS) is 16.0. The highest BCUT2D eigenvalue weighted by molar-refractivity contribution is 7.99. The van der Waals surface area contributed by atoms with Gasteiger partial charge in [-0.05, 0) is 42.3 Å². The van der Waals surface area contributed by atoms with E-state index in [1.165, 1.54) is 13.0 Å². The van der Waals surface area contributed by atoms with Gasteiger partial charge in [0, 0.05) is 47.5 Å². The van der Waals surface area contributed by atoms with Crippen LogP contribution in [0, 0.1) is 11.6 Å². The van der Waals surface area contributed by atoms with E-state index in [1.807, 2.05) is 42.5 Å². The minimum Gasteiger partial charge on any atom is -0.366 e. The van der Waals surface area contributed by atoms with Gasteiger partial charge in [0.1, 0.15) is 11.6 Å². The number of carbonyl (C=O) groups excluding carboxylic acids is 1. The van der Waals surface area contributed by atoms with E-state index < -0.39 is 11.6 Å². The van der Waals surface area contributed by atoms with Crippen LogP contribution in [0.3, 0.4) is 0 Å². The number of fused-ring (bicyclic) bond motifs is 1. The van der Waals surface area contributed by atoms with E-state index in [9.17, 15) is 13.6 Å². The van der Waals surface area contributed by atoms with Crippen LogP contribution in [-0.2, 0) is 11.3 Å². The molecule has 0 aliphatic carbocycles. The summed E-state index contributed by atoms with van der Waals surface area (Å²) in [5.41, 5.74) is 3.54. The Morgan fingerprint density at radius 3 is 2.60 bits per heavy atom. The van der Waals surface area contributed by atoms with Crippen LogP contribution in [0.5, 0.6) is 0 Å². The number of carbonyl (C=O) groups is 1. The van der Waals surface area contributed by atoms with Crippen molar-refractivity contribution in [2.45, 2.75) is 30.0 Å². The fraction of sp³-hybridized carbons (Fsp3) is 0.208. The lowest BCUT2D eigenvalue weighted by atomic mass is 10.1. The lowest BCUT2D eigenvalue weighted by Crippen LogP contribution is -2.24. The van der Waals surface area contributed by atoms with Crippen molar-refractivity contribution in [2.24, 2.45) is 0 Å². The summed E-state index contributed by atoms with van der Waals surface area (Å²) in [4.78, 5) is 14.6. The standard InChI is InChI=1S/C24H22F2N2OS/c1-16(29)27-19-9-6-17(7-10-19)15-28-13-12-23(20-11-8-18(25)14-21(20)26)30-24-5-3-2-4-22(24)28/h2-11,14,23H,12-13,15H2,1H3,(H,27,29). The van der Waals surface area contributed by atoms with Gasteiger partial charge < -0.3 is 10.2 Å². The van der Waals surface area contributed by atoms with Crippen LogP contribution in [0.4, 0.5) is 20.2 Å². The predicted molar refractivity (Wildman–Crippen MR) is 118 cm³/mol. The van der Waals surface area contributed by atoms with Gasteiger partial charge >= 0.3 is 0 Å². The van der Waals surface area contributed by atoms with E-state index in [0.29, 0.717) is 12.1 Å². The van der Waals surface area contributed by atoms with Gasteiger partial charge in [0.05, 0.1) is 5.69 Å². The molecule has 1 unspecified atom stereocenters. The summed E-state index contributed by atoms with van der Waals surface area (Å²) in [6.45, 7) is 2.94. The molecule has 3 aromatic rings. The Hall–Kier alpha value is -2.86. The molecule has 1 amide bonds. The quantitative estimate of drug-likeness (QED) is 0.544. The summed E-state index contributed by atoms with van der Waals surface area (Å²) in [6, 6.07) is 19.8. The number of benzene rings is 3. The van der Waals surface area contributed by atoms with Crippen LogP contribution in [0.15, 0.2) is 71.6 Å². The van der Waals surface area contributed by atoms with E-state index >= 15 is 0 Å². The molecule has 0 saturated carbocycles. The predicted octanol–water partition coefficient (Wildman–Crippen LogP) is 6.17. The van der Waals surface area contributed by atoms with Crippen molar-refractivity contribution in [3.63, 3.8) is 0 Å². The lowest BCUT2D eigenvalue weighted by molar-refractivity contribution is -0.114. The highest BCUT2D eigenvalue weighted by atomic mass is 32.2. The third-order valence-corrected chi connectivity index (χ3v) is 6.47. The highest BCUT2D eigenvalue weighted by Gasteiger charge is 2.25. The second kappa shape index (κ2) is 8.88. The number of nitrogens with zero attached hydrogens (tertiary/aromatic N) is 1. The first kappa shape index (κ1) is 20.4. The monoisotopic (exact) mass is 424 g/mol. The van der Waals surface area contributed by atoms with Crippen LogP contribution in [0.2, 0.25) is 0 Å². The second-order valence-electron chi connectivity index (χ2n) is 7.33. The first-order valence-electron chi connectivity index (χ1n) is 9.82. The van der Waals surface area contributed by atoms with E-state index in [4.69, 9.17) is 0 Å². The van der Waals surface area contributed by atoms with Gasteiger partial charge in [-0.3, -0.25) is 4.79 Å². The van der Waals surface area contributed by atoms with Gasteiger partial charge in [-0.25, -0.2) is 8.78 Å². The molecule has 6 heteroatoms. The second-order valence-corrected chi connectivity index (χ2v) is 8.57. The zero-order chi connectivity index (χ0) is 21.1. The molecule has 154 valence electrons. The van der Waals surface area contributed by atoms with Crippen molar-refractivity contribution in [2.75, 3.05) is 16.8 Å². The fourth-order valence-corrected chi connectivity index (χ4v) is 5.01. The maximum Gasteiger partial charge on any atom is 0.221 e. The van der Waals surface area contributed by atoms with Crippen molar-refractivity contribution < 1.29 is 13.6 Å². The minimum absolute atomic E-state index is 0.0844. The molecule has 0 spiro atoms. The van der Waals surface area contributed by atoms with Crippen LogP contribution in [-0.4, -0.2) is 12.5 Å². The van der Waals surface area contributed by atoms with Gasteiger partial charge in [-0.2, -0.15) is 0 Å². The van der Waals surface area contributed by atoms with Crippen LogP contribution in [0.1, 0.15) is 29.7 Å². The molecule has 3 aromatic carbocycles. The molecule has 0 fully saturated rings. The highest BCUT2D eigenvalue weighted by Crippen LogP contribution is 2.46. The number of thioether (sulfide) groups is 1. The Morgan fingerprint density at radius 2 is 1.87 bits per heavy atom. The van der Waals surface area contributed by atoms with Crippen molar-refractivity contribution in [3.05, 3.63) is 89.5 Å². The molecule has 4 rings (SSSR count). The Labute approximate surface area is 179 Å². The summed E-state index contributed by atoms with van der Waals surface area (Å²) in [5.74, 6) is -1.15. The average Bonchev–Trinajstić information content (AvgIpc) is 2.89. The van der Waals surface area contributed by atoms with Gasteiger partial charge in [0.2, 0.25) is 5.91 Å². The van der Waals surface area contributed by atoms with Crippen molar-refractivity contribution >= 4 is 29.0 Å². The maximum absolute atomic E-state index is 14.4. The van der Waals surface area contributed by atoms with Crippen LogP contribution >= 0.6 is 11.8 Å². The van der Waals surface area contributed by atoms with Crippen molar-refractivity contribution in [3.8, 4) is 0 Å². The summed E-state index contributed by atoms with van der Waals surface area (Å²) in [7, 11) is 0. The molecule has 1 aliphatic heterocycles. The number of rotatable bonds is 4. The van der Waals surface area contributed by atoms with Crippen LogP contribution in [0.25, 0.3) is 0 Å².